The maximum Gasteiger partial charge on any atom is 0.229 e. The van der Waals surface area contributed by atoms with Crippen molar-refractivity contribution in [3.8, 4) is 0 Å². The average molecular weight is 361 g/mol. The van der Waals surface area contributed by atoms with Crippen LogP contribution in [0.2, 0.25) is 0 Å². The van der Waals surface area contributed by atoms with Gasteiger partial charge in [-0.15, -0.1) is 0 Å². The van der Waals surface area contributed by atoms with Crippen LogP contribution in [0, 0.1) is 0 Å². The molecular formula is C17H23N5O2S. The van der Waals surface area contributed by atoms with Crippen molar-refractivity contribution in [2.75, 3.05) is 24.6 Å². The zero-order valence-corrected chi connectivity index (χ0v) is 15.2. The summed E-state index contributed by atoms with van der Waals surface area (Å²) in [5.74, 6) is 0.644. The molecule has 0 aliphatic rings. The van der Waals surface area contributed by atoms with Crippen LogP contribution in [0.25, 0.3) is 0 Å². The van der Waals surface area contributed by atoms with Gasteiger partial charge >= 0.3 is 0 Å². The summed E-state index contributed by atoms with van der Waals surface area (Å²) in [5.41, 5.74) is 2.40. The third kappa shape index (κ3) is 6.80. The fourth-order valence-electron chi connectivity index (χ4n) is 2.23. The molecule has 0 fully saturated rings. The highest BCUT2D eigenvalue weighted by Crippen LogP contribution is 2.15. The summed E-state index contributed by atoms with van der Waals surface area (Å²) in [6.45, 7) is 1.14. The molecule has 0 saturated heterocycles. The highest BCUT2D eigenvalue weighted by Gasteiger charge is 2.07. The third-order valence-electron chi connectivity index (χ3n) is 3.38. The van der Waals surface area contributed by atoms with E-state index in [2.05, 4.69) is 25.3 Å². The number of hydrogen-bond acceptors (Lipinski definition) is 4. The highest BCUT2D eigenvalue weighted by atomic mass is 32.2. The molecule has 134 valence electrons. The van der Waals surface area contributed by atoms with Gasteiger partial charge in [0, 0.05) is 38.4 Å². The molecule has 0 aliphatic heterocycles. The van der Waals surface area contributed by atoms with E-state index in [-0.39, 0.29) is 0 Å². The van der Waals surface area contributed by atoms with E-state index in [9.17, 15) is 8.42 Å². The number of aromatic nitrogens is 1. The van der Waals surface area contributed by atoms with E-state index in [1.54, 1.807) is 25.4 Å². The number of aliphatic imine (C=N–C) groups is 1. The summed E-state index contributed by atoms with van der Waals surface area (Å²) < 4.78 is 25.4. The molecule has 1 aromatic carbocycles. The maximum atomic E-state index is 11.4. The molecule has 0 amide bonds. The standard InChI is InChI=1S/C17H23N5O2S/c1-18-17(20-12-10-15-8-5-6-11-19-15)21-13-14-7-3-4-9-16(14)22-25(2,23)24/h3-9,11,22H,10,12-13H2,1-2H3,(H2,18,20,21). The van der Waals surface area contributed by atoms with Gasteiger partial charge < -0.3 is 10.6 Å². The van der Waals surface area contributed by atoms with Gasteiger partial charge in [0.05, 0.1) is 11.9 Å². The first-order chi connectivity index (χ1) is 12.0. The summed E-state index contributed by atoms with van der Waals surface area (Å²) in [4.78, 5) is 8.45. The van der Waals surface area contributed by atoms with E-state index in [0.29, 0.717) is 24.7 Å². The van der Waals surface area contributed by atoms with Crippen molar-refractivity contribution in [3.05, 3.63) is 59.9 Å². The second-order valence-corrected chi connectivity index (χ2v) is 7.20. The van der Waals surface area contributed by atoms with Crippen LogP contribution in [0.1, 0.15) is 11.3 Å². The Morgan fingerprint density at radius 1 is 1.12 bits per heavy atom. The molecule has 0 unspecified atom stereocenters. The number of anilines is 1. The van der Waals surface area contributed by atoms with Gasteiger partial charge in [-0.25, -0.2) is 8.42 Å². The minimum absolute atomic E-state index is 0.446. The van der Waals surface area contributed by atoms with Crippen LogP contribution >= 0.6 is 0 Å². The van der Waals surface area contributed by atoms with Crippen LogP contribution in [0.5, 0.6) is 0 Å². The minimum Gasteiger partial charge on any atom is -0.356 e. The van der Waals surface area contributed by atoms with Crippen LogP contribution in [-0.2, 0) is 23.0 Å². The largest absolute Gasteiger partial charge is 0.356 e. The van der Waals surface area contributed by atoms with E-state index >= 15 is 0 Å². The molecule has 0 spiro atoms. The first kappa shape index (κ1) is 18.7. The summed E-state index contributed by atoms with van der Waals surface area (Å²) in [5, 5.41) is 6.40. The van der Waals surface area contributed by atoms with Crippen LogP contribution in [0.3, 0.4) is 0 Å². The molecule has 0 radical (unpaired) electrons. The number of hydrogen-bond donors (Lipinski definition) is 3. The number of nitrogens with zero attached hydrogens (tertiary/aromatic N) is 2. The predicted molar refractivity (Wildman–Crippen MR) is 101 cm³/mol. The number of pyridine rings is 1. The topological polar surface area (TPSA) is 95.5 Å². The van der Waals surface area contributed by atoms with Crippen LogP contribution in [0.15, 0.2) is 53.7 Å². The van der Waals surface area contributed by atoms with Crippen LogP contribution < -0.4 is 15.4 Å². The molecule has 0 bridgehead atoms. The van der Waals surface area contributed by atoms with Gasteiger partial charge in [-0.1, -0.05) is 24.3 Å². The van der Waals surface area contributed by atoms with Crippen molar-refractivity contribution in [1.82, 2.24) is 15.6 Å². The fourth-order valence-corrected chi connectivity index (χ4v) is 2.83. The summed E-state index contributed by atoms with van der Waals surface area (Å²) >= 11 is 0. The number of benzene rings is 1. The molecule has 8 heteroatoms. The Hall–Kier alpha value is -2.61. The van der Waals surface area contributed by atoms with E-state index in [4.69, 9.17) is 0 Å². The van der Waals surface area contributed by atoms with Crippen LogP contribution in [0.4, 0.5) is 5.69 Å². The van der Waals surface area contributed by atoms with E-state index in [1.807, 2.05) is 30.3 Å². The second kappa shape index (κ2) is 9.03. The van der Waals surface area contributed by atoms with Crippen molar-refractivity contribution in [2.24, 2.45) is 4.99 Å². The Morgan fingerprint density at radius 2 is 1.88 bits per heavy atom. The quantitative estimate of drug-likeness (QED) is 0.511. The average Bonchev–Trinajstić information content (AvgIpc) is 2.58. The van der Waals surface area contributed by atoms with Gasteiger partial charge in [-0.2, -0.15) is 0 Å². The smallest absolute Gasteiger partial charge is 0.229 e. The molecule has 3 N–H and O–H groups in total. The number of rotatable bonds is 7. The van der Waals surface area contributed by atoms with Gasteiger partial charge in [0.2, 0.25) is 10.0 Å². The third-order valence-corrected chi connectivity index (χ3v) is 3.97. The monoisotopic (exact) mass is 361 g/mol. The molecule has 1 heterocycles. The molecule has 0 aliphatic carbocycles. The van der Waals surface area contributed by atoms with Crippen molar-refractivity contribution in [1.29, 1.82) is 0 Å². The number of guanidine groups is 1. The summed E-state index contributed by atoms with van der Waals surface area (Å²) in [6, 6.07) is 13.1. The lowest BCUT2D eigenvalue weighted by molar-refractivity contribution is 0.606. The van der Waals surface area contributed by atoms with Crippen molar-refractivity contribution < 1.29 is 8.42 Å². The normalized spacial score (nSPS) is 11.8. The summed E-state index contributed by atoms with van der Waals surface area (Å²) in [6.07, 6.45) is 3.69. The summed E-state index contributed by atoms with van der Waals surface area (Å²) in [7, 11) is -1.63. The first-order valence-corrected chi connectivity index (χ1v) is 9.77. The number of para-hydroxylation sites is 1. The SMILES string of the molecule is CN=C(NCCc1ccccn1)NCc1ccccc1NS(C)(=O)=O. The number of sulfonamides is 1. The maximum absolute atomic E-state index is 11.4. The zero-order chi connectivity index (χ0) is 18.1. The highest BCUT2D eigenvalue weighted by molar-refractivity contribution is 7.92. The first-order valence-electron chi connectivity index (χ1n) is 7.88. The molecule has 0 saturated carbocycles. The van der Waals surface area contributed by atoms with Crippen molar-refractivity contribution >= 4 is 21.7 Å². The Balaban J connectivity index is 1.88. The van der Waals surface area contributed by atoms with Gasteiger partial charge in [-0.05, 0) is 23.8 Å². The van der Waals surface area contributed by atoms with Crippen LogP contribution in [-0.4, -0.2) is 39.2 Å². The molecule has 25 heavy (non-hydrogen) atoms. The lowest BCUT2D eigenvalue weighted by atomic mass is 10.2. The zero-order valence-electron chi connectivity index (χ0n) is 14.4. The Morgan fingerprint density at radius 3 is 2.56 bits per heavy atom. The molecule has 2 rings (SSSR count). The molecule has 2 aromatic rings. The van der Waals surface area contributed by atoms with E-state index in [0.717, 1.165) is 23.9 Å². The van der Waals surface area contributed by atoms with Crippen molar-refractivity contribution in [3.63, 3.8) is 0 Å². The molecular weight excluding hydrogens is 338 g/mol. The van der Waals surface area contributed by atoms with Gasteiger partial charge in [0.25, 0.3) is 0 Å². The molecule has 0 atom stereocenters. The van der Waals surface area contributed by atoms with E-state index < -0.39 is 10.0 Å². The molecule has 1 aromatic heterocycles. The second-order valence-electron chi connectivity index (χ2n) is 5.45. The Labute approximate surface area is 148 Å². The minimum atomic E-state index is -3.32. The predicted octanol–water partition coefficient (Wildman–Crippen LogP) is 1.36. The fraction of sp³-hybridized carbons (Fsp3) is 0.294. The van der Waals surface area contributed by atoms with Gasteiger partial charge in [0.15, 0.2) is 5.96 Å². The van der Waals surface area contributed by atoms with Gasteiger partial charge in [-0.3, -0.25) is 14.7 Å². The lowest BCUT2D eigenvalue weighted by Gasteiger charge is -2.14. The van der Waals surface area contributed by atoms with Crippen molar-refractivity contribution in [2.45, 2.75) is 13.0 Å². The number of nitrogens with one attached hydrogen (secondary N) is 3. The Bertz CT molecular complexity index is 807. The Kier molecular flexibility index (Phi) is 6.76. The van der Waals surface area contributed by atoms with Gasteiger partial charge in [0.1, 0.15) is 0 Å². The van der Waals surface area contributed by atoms with E-state index in [1.165, 1.54) is 0 Å². The molecule has 7 nitrogen and oxygen atoms in total. The lowest BCUT2D eigenvalue weighted by Crippen LogP contribution is -2.38.